The molecule has 1 aromatic heterocycles. The first-order valence-electron chi connectivity index (χ1n) is 11.1. The van der Waals surface area contributed by atoms with Crippen molar-refractivity contribution in [1.82, 2.24) is 9.55 Å². The number of nitro benzene ring substituents is 1. The van der Waals surface area contributed by atoms with Gasteiger partial charge in [-0.3, -0.25) is 19.5 Å². The zero-order valence-corrected chi connectivity index (χ0v) is 18.8. The van der Waals surface area contributed by atoms with Crippen LogP contribution in [0.5, 0.6) is 0 Å². The minimum absolute atomic E-state index is 0.00360. The molecule has 34 heavy (non-hydrogen) atoms. The summed E-state index contributed by atoms with van der Waals surface area (Å²) in [7, 11) is 0. The Labute approximate surface area is 196 Å². The largest absolute Gasteiger partial charge is 0.329 e. The Balaban J connectivity index is 1.62. The highest BCUT2D eigenvalue weighted by atomic mass is 16.6. The van der Waals surface area contributed by atoms with Gasteiger partial charge < -0.3 is 10.6 Å². The van der Waals surface area contributed by atoms with Gasteiger partial charge in [0.1, 0.15) is 0 Å². The molecule has 8 heteroatoms. The number of aryl methyl sites for hydroxylation is 1. The van der Waals surface area contributed by atoms with Crippen LogP contribution in [-0.4, -0.2) is 20.4 Å². The van der Waals surface area contributed by atoms with Crippen LogP contribution in [0.1, 0.15) is 31.0 Å². The molecule has 1 amide bonds. The van der Waals surface area contributed by atoms with Crippen molar-refractivity contribution in [1.29, 1.82) is 0 Å². The number of amides is 1. The number of nitrogens with one attached hydrogen (secondary N) is 2. The van der Waals surface area contributed by atoms with Crippen molar-refractivity contribution in [3.63, 3.8) is 0 Å². The lowest BCUT2D eigenvalue weighted by molar-refractivity contribution is -0.384. The highest BCUT2D eigenvalue weighted by Gasteiger charge is 2.34. The van der Waals surface area contributed by atoms with Crippen LogP contribution in [-0.2, 0) is 11.2 Å². The lowest BCUT2D eigenvalue weighted by Crippen LogP contribution is -2.30. The summed E-state index contributed by atoms with van der Waals surface area (Å²) in [4.78, 5) is 29.1. The van der Waals surface area contributed by atoms with Crippen LogP contribution in [0.4, 0.5) is 17.3 Å². The SMILES string of the molecule is CCc1ccc(NC(=O)C2=C(C)Nc3nc4ccccc4n3C2c2ccc([N+](=O)[O-])cc2)cc1. The van der Waals surface area contributed by atoms with Crippen molar-refractivity contribution in [2.24, 2.45) is 0 Å². The molecule has 0 bridgehead atoms. The number of fused-ring (bicyclic) bond motifs is 3. The monoisotopic (exact) mass is 453 g/mol. The molecule has 4 aromatic rings. The third-order valence-corrected chi connectivity index (χ3v) is 6.12. The molecule has 1 aliphatic rings. The zero-order valence-electron chi connectivity index (χ0n) is 18.8. The number of allylic oxidation sites excluding steroid dienone is 1. The molecule has 170 valence electrons. The van der Waals surface area contributed by atoms with Gasteiger partial charge in [-0.2, -0.15) is 0 Å². The van der Waals surface area contributed by atoms with Crippen LogP contribution in [0.2, 0.25) is 0 Å². The number of hydrogen-bond acceptors (Lipinski definition) is 5. The minimum atomic E-state index is -0.514. The van der Waals surface area contributed by atoms with Crippen molar-refractivity contribution in [2.75, 3.05) is 10.6 Å². The average molecular weight is 454 g/mol. The number of carbonyl (C=O) groups excluding carboxylic acids is 1. The molecule has 1 atom stereocenters. The number of imidazole rings is 1. The van der Waals surface area contributed by atoms with Gasteiger partial charge in [0.15, 0.2) is 0 Å². The van der Waals surface area contributed by atoms with E-state index in [-0.39, 0.29) is 11.6 Å². The molecule has 0 saturated carbocycles. The van der Waals surface area contributed by atoms with E-state index < -0.39 is 11.0 Å². The van der Waals surface area contributed by atoms with E-state index >= 15 is 0 Å². The predicted octanol–water partition coefficient (Wildman–Crippen LogP) is 5.43. The standard InChI is InChI=1S/C26H23N5O3/c1-3-17-8-12-19(13-9-17)28-25(32)23-16(2)27-26-29-21-6-4-5-7-22(21)30(26)24(23)18-10-14-20(15-11-18)31(33)34/h4-15,24H,3H2,1-2H3,(H,27,29)(H,28,32). The van der Waals surface area contributed by atoms with E-state index in [4.69, 9.17) is 4.98 Å². The highest BCUT2D eigenvalue weighted by Crippen LogP contribution is 2.39. The van der Waals surface area contributed by atoms with Gasteiger partial charge in [-0.25, -0.2) is 4.98 Å². The van der Waals surface area contributed by atoms with Crippen LogP contribution in [0.15, 0.2) is 84.1 Å². The topological polar surface area (TPSA) is 102 Å². The first kappa shape index (κ1) is 21.4. The summed E-state index contributed by atoms with van der Waals surface area (Å²) in [6.45, 7) is 3.92. The number of aromatic nitrogens is 2. The maximum absolute atomic E-state index is 13.6. The van der Waals surface area contributed by atoms with Gasteiger partial charge in [-0.05, 0) is 60.9 Å². The van der Waals surface area contributed by atoms with Crippen molar-refractivity contribution >= 4 is 34.3 Å². The molecule has 1 aliphatic heterocycles. The lowest BCUT2D eigenvalue weighted by atomic mass is 9.94. The van der Waals surface area contributed by atoms with Gasteiger partial charge >= 0.3 is 0 Å². The van der Waals surface area contributed by atoms with Crippen molar-refractivity contribution < 1.29 is 9.72 Å². The summed E-state index contributed by atoms with van der Waals surface area (Å²) in [6.07, 6.45) is 0.918. The summed E-state index contributed by atoms with van der Waals surface area (Å²) in [6, 6.07) is 21.3. The number of benzene rings is 3. The molecule has 8 nitrogen and oxygen atoms in total. The highest BCUT2D eigenvalue weighted by molar-refractivity contribution is 6.06. The summed E-state index contributed by atoms with van der Waals surface area (Å²) >= 11 is 0. The Morgan fingerprint density at radius 3 is 2.47 bits per heavy atom. The first-order valence-corrected chi connectivity index (χ1v) is 11.1. The number of carbonyl (C=O) groups is 1. The summed E-state index contributed by atoms with van der Waals surface area (Å²) in [5, 5.41) is 17.5. The lowest BCUT2D eigenvalue weighted by Gasteiger charge is -2.30. The molecular formula is C26H23N5O3. The molecule has 2 N–H and O–H groups in total. The van der Waals surface area contributed by atoms with E-state index in [0.717, 1.165) is 23.0 Å². The molecule has 1 unspecified atom stereocenters. The normalized spacial score (nSPS) is 15.1. The van der Waals surface area contributed by atoms with E-state index in [1.165, 1.54) is 17.7 Å². The molecule has 3 aromatic carbocycles. The molecule has 0 saturated heterocycles. The maximum atomic E-state index is 13.6. The quantitative estimate of drug-likeness (QED) is 0.310. The number of nitro groups is 1. The molecule has 0 spiro atoms. The average Bonchev–Trinajstić information content (AvgIpc) is 3.21. The predicted molar refractivity (Wildman–Crippen MR) is 132 cm³/mol. The molecule has 0 fully saturated rings. The fraction of sp³-hybridized carbons (Fsp3) is 0.154. The Kier molecular flexibility index (Phi) is 5.33. The Hall–Kier alpha value is -4.46. The van der Waals surface area contributed by atoms with Crippen LogP contribution in [0.3, 0.4) is 0 Å². The van der Waals surface area contributed by atoms with Crippen LogP contribution in [0.25, 0.3) is 11.0 Å². The van der Waals surface area contributed by atoms with E-state index in [1.807, 2.05) is 60.0 Å². The van der Waals surface area contributed by atoms with Gasteiger partial charge in [0, 0.05) is 23.5 Å². The smallest absolute Gasteiger partial charge is 0.269 e. The number of rotatable bonds is 5. The summed E-state index contributed by atoms with van der Waals surface area (Å²) in [5.74, 6) is 0.368. The Morgan fingerprint density at radius 2 is 1.79 bits per heavy atom. The number of para-hydroxylation sites is 2. The minimum Gasteiger partial charge on any atom is -0.329 e. The molecule has 0 aliphatic carbocycles. The Bertz CT molecular complexity index is 1440. The second kappa shape index (κ2) is 8.47. The van der Waals surface area contributed by atoms with Gasteiger partial charge in [0.05, 0.1) is 27.6 Å². The second-order valence-corrected chi connectivity index (χ2v) is 8.21. The third-order valence-electron chi connectivity index (χ3n) is 6.12. The third kappa shape index (κ3) is 3.69. The van der Waals surface area contributed by atoms with Crippen LogP contribution >= 0.6 is 0 Å². The van der Waals surface area contributed by atoms with E-state index in [1.54, 1.807) is 12.1 Å². The molecule has 2 heterocycles. The second-order valence-electron chi connectivity index (χ2n) is 8.21. The number of hydrogen-bond donors (Lipinski definition) is 2. The van der Waals surface area contributed by atoms with E-state index in [9.17, 15) is 14.9 Å². The number of non-ortho nitro benzene ring substituents is 1. The number of anilines is 2. The number of nitrogens with zero attached hydrogens (tertiary/aromatic N) is 3. The first-order chi connectivity index (χ1) is 16.5. The van der Waals surface area contributed by atoms with Crippen molar-refractivity contribution in [3.8, 4) is 0 Å². The van der Waals surface area contributed by atoms with Crippen LogP contribution < -0.4 is 10.6 Å². The summed E-state index contributed by atoms with van der Waals surface area (Å²) < 4.78 is 1.97. The van der Waals surface area contributed by atoms with Gasteiger partial charge in [0.25, 0.3) is 11.6 Å². The van der Waals surface area contributed by atoms with Gasteiger partial charge in [-0.1, -0.05) is 31.2 Å². The molecule has 5 rings (SSSR count). The maximum Gasteiger partial charge on any atom is 0.269 e. The van der Waals surface area contributed by atoms with Gasteiger partial charge in [-0.15, -0.1) is 0 Å². The fourth-order valence-electron chi connectivity index (χ4n) is 4.37. The van der Waals surface area contributed by atoms with Crippen LogP contribution in [0, 0.1) is 10.1 Å². The van der Waals surface area contributed by atoms with Crippen molar-refractivity contribution in [2.45, 2.75) is 26.3 Å². The van der Waals surface area contributed by atoms with Gasteiger partial charge in [0.2, 0.25) is 5.95 Å². The van der Waals surface area contributed by atoms with E-state index in [0.29, 0.717) is 22.9 Å². The van der Waals surface area contributed by atoms with Crippen molar-refractivity contribution in [3.05, 3.63) is 105 Å². The fourth-order valence-corrected chi connectivity index (χ4v) is 4.37. The molecular weight excluding hydrogens is 430 g/mol. The Morgan fingerprint density at radius 1 is 1.09 bits per heavy atom. The molecule has 0 radical (unpaired) electrons. The van der Waals surface area contributed by atoms with E-state index in [2.05, 4.69) is 17.6 Å². The summed E-state index contributed by atoms with van der Waals surface area (Å²) in [5.41, 5.74) is 5.48. The zero-order chi connectivity index (χ0) is 23.8.